The molecule has 4 nitrogen and oxygen atoms in total. The van der Waals surface area contributed by atoms with E-state index in [9.17, 15) is 14.0 Å². The summed E-state index contributed by atoms with van der Waals surface area (Å²) in [6, 6.07) is 9.95. The molecule has 2 heterocycles. The van der Waals surface area contributed by atoms with Gasteiger partial charge in [0.25, 0.3) is 11.5 Å². The summed E-state index contributed by atoms with van der Waals surface area (Å²) in [6.45, 7) is 3.16. The standard InChI is InChI=1S/C20H23FN2O2/c1-14-4-11-18(19(24)22-14)20(25)23-12-2-3-16(13-23)6-5-15-7-9-17(21)10-8-15/h4,7-11,16H,2-3,5-6,12-13H2,1H3,(H,22,24). The van der Waals surface area contributed by atoms with Crippen LogP contribution in [-0.2, 0) is 6.42 Å². The molecule has 5 heteroatoms. The first-order valence-electron chi connectivity index (χ1n) is 8.76. The Labute approximate surface area is 146 Å². The van der Waals surface area contributed by atoms with E-state index in [2.05, 4.69) is 4.98 Å². The Morgan fingerprint density at radius 2 is 2.00 bits per heavy atom. The predicted molar refractivity (Wildman–Crippen MR) is 95.1 cm³/mol. The van der Waals surface area contributed by atoms with Crippen molar-refractivity contribution in [2.45, 2.75) is 32.6 Å². The van der Waals surface area contributed by atoms with Gasteiger partial charge in [0.15, 0.2) is 0 Å². The van der Waals surface area contributed by atoms with E-state index in [-0.39, 0.29) is 22.8 Å². The number of nitrogens with one attached hydrogen (secondary N) is 1. The lowest BCUT2D eigenvalue weighted by atomic mass is 9.91. The van der Waals surface area contributed by atoms with Crippen molar-refractivity contribution in [3.63, 3.8) is 0 Å². The van der Waals surface area contributed by atoms with Gasteiger partial charge in [-0.2, -0.15) is 0 Å². The van der Waals surface area contributed by atoms with Gasteiger partial charge in [-0.05, 0) is 68.4 Å². The Hall–Kier alpha value is -2.43. The SMILES string of the molecule is Cc1ccc(C(=O)N2CCCC(CCc3ccc(F)cc3)C2)c(=O)[nH]1. The monoisotopic (exact) mass is 342 g/mol. The fraction of sp³-hybridized carbons (Fsp3) is 0.400. The van der Waals surface area contributed by atoms with Crippen LogP contribution >= 0.6 is 0 Å². The van der Waals surface area contributed by atoms with Crippen molar-refractivity contribution in [1.82, 2.24) is 9.88 Å². The third-order valence-electron chi connectivity index (χ3n) is 4.85. The van der Waals surface area contributed by atoms with Crippen molar-refractivity contribution in [2.75, 3.05) is 13.1 Å². The lowest BCUT2D eigenvalue weighted by molar-refractivity contribution is 0.0666. The Morgan fingerprint density at radius 3 is 2.72 bits per heavy atom. The minimum Gasteiger partial charge on any atom is -0.338 e. The fourth-order valence-electron chi connectivity index (χ4n) is 3.42. The molecule has 132 valence electrons. The highest BCUT2D eigenvalue weighted by Crippen LogP contribution is 2.22. The maximum absolute atomic E-state index is 13.0. The van der Waals surface area contributed by atoms with E-state index in [1.165, 1.54) is 12.1 Å². The second-order valence-electron chi connectivity index (χ2n) is 6.81. The van der Waals surface area contributed by atoms with Crippen molar-refractivity contribution >= 4 is 5.91 Å². The highest BCUT2D eigenvalue weighted by Gasteiger charge is 2.25. The molecule has 1 fully saturated rings. The molecule has 1 aliphatic heterocycles. The highest BCUT2D eigenvalue weighted by atomic mass is 19.1. The number of halogens is 1. The van der Waals surface area contributed by atoms with Gasteiger partial charge in [-0.15, -0.1) is 0 Å². The van der Waals surface area contributed by atoms with Gasteiger partial charge in [0.1, 0.15) is 11.4 Å². The molecule has 1 unspecified atom stereocenters. The Morgan fingerprint density at radius 1 is 1.24 bits per heavy atom. The summed E-state index contributed by atoms with van der Waals surface area (Å²) in [4.78, 5) is 29.1. The van der Waals surface area contributed by atoms with E-state index >= 15 is 0 Å². The van der Waals surface area contributed by atoms with E-state index in [0.29, 0.717) is 19.0 Å². The molecule has 0 spiro atoms. The van der Waals surface area contributed by atoms with Crippen molar-refractivity contribution in [3.8, 4) is 0 Å². The second-order valence-corrected chi connectivity index (χ2v) is 6.81. The number of hydrogen-bond acceptors (Lipinski definition) is 2. The topological polar surface area (TPSA) is 53.2 Å². The molecule has 1 saturated heterocycles. The van der Waals surface area contributed by atoms with Crippen LogP contribution in [0.15, 0.2) is 41.2 Å². The summed E-state index contributed by atoms with van der Waals surface area (Å²) in [7, 11) is 0. The summed E-state index contributed by atoms with van der Waals surface area (Å²) in [5, 5.41) is 0. The first-order chi connectivity index (χ1) is 12.0. The number of piperidine rings is 1. The second kappa shape index (κ2) is 7.64. The summed E-state index contributed by atoms with van der Waals surface area (Å²) in [5.74, 6) is 0.00141. The lowest BCUT2D eigenvalue weighted by Crippen LogP contribution is -2.42. The maximum Gasteiger partial charge on any atom is 0.260 e. The third kappa shape index (κ3) is 4.35. The van der Waals surface area contributed by atoms with E-state index in [1.807, 2.05) is 12.1 Å². The predicted octanol–water partition coefficient (Wildman–Crippen LogP) is 3.31. The zero-order valence-corrected chi connectivity index (χ0v) is 14.4. The Balaban J connectivity index is 1.61. The lowest BCUT2D eigenvalue weighted by Gasteiger charge is -2.32. The number of carbonyl (C=O) groups is 1. The number of aromatic amines is 1. The van der Waals surface area contributed by atoms with Crippen molar-refractivity contribution in [2.24, 2.45) is 5.92 Å². The third-order valence-corrected chi connectivity index (χ3v) is 4.85. The Kier molecular flexibility index (Phi) is 5.31. The van der Waals surface area contributed by atoms with Crippen LogP contribution < -0.4 is 5.56 Å². The smallest absolute Gasteiger partial charge is 0.260 e. The average Bonchev–Trinajstić information content (AvgIpc) is 2.61. The molecule has 0 saturated carbocycles. The number of likely N-dealkylation sites (tertiary alicyclic amines) is 1. The molecule has 1 amide bonds. The van der Waals surface area contributed by atoms with Crippen LogP contribution in [0.5, 0.6) is 0 Å². The molecule has 3 rings (SSSR count). The van der Waals surface area contributed by atoms with Gasteiger partial charge in [0.2, 0.25) is 0 Å². The van der Waals surface area contributed by atoms with Crippen LogP contribution in [0.3, 0.4) is 0 Å². The molecule has 1 N–H and O–H groups in total. The van der Waals surface area contributed by atoms with Gasteiger partial charge < -0.3 is 9.88 Å². The first-order valence-corrected chi connectivity index (χ1v) is 8.76. The van der Waals surface area contributed by atoms with Gasteiger partial charge in [-0.3, -0.25) is 9.59 Å². The zero-order chi connectivity index (χ0) is 17.8. The van der Waals surface area contributed by atoms with Crippen molar-refractivity contribution in [3.05, 3.63) is 69.4 Å². The van der Waals surface area contributed by atoms with E-state index in [0.717, 1.165) is 36.9 Å². The first kappa shape index (κ1) is 17.4. The van der Waals surface area contributed by atoms with Crippen molar-refractivity contribution in [1.29, 1.82) is 0 Å². The maximum atomic E-state index is 13.0. The molecule has 2 aromatic rings. The number of amides is 1. The van der Waals surface area contributed by atoms with Gasteiger partial charge in [0.05, 0.1) is 0 Å². The molecule has 0 radical (unpaired) electrons. The number of rotatable bonds is 4. The number of benzene rings is 1. The number of carbonyl (C=O) groups excluding carboxylic acids is 1. The van der Waals surface area contributed by atoms with E-state index in [4.69, 9.17) is 0 Å². The number of hydrogen-bond donors (Lipinski definition) is 1. The van der Waals surface area contributed by atoms with Gasteiger partial charge in [-0.25, -0.2) is 4.39 Å². The molecule has 1 aromatic carbocycles. The number of nitrogens with zero attached hydrogens (tertiary/aromatic N) is 1. The number of aromatic nitrogens is 1. The summed E-state index contributed by atoms with van der Waals surface area (Å²) in [5.41, 5.74) is 1.75. The molecular weight excluding hydrogens is 319 g/mol. The van der Waals surface area contributed by atoms with Gasteiger partial charge in [0, 0.05) is 18.8 Å². The highest BCUT2D eigenvalue weighted by molar-refractivity contribution is 5.93. The van der Waals surface area contributed by atoms with Crippen LogP contribution in [0.1, 0.15) is 40.9 Å². The fourth-order valence-corrected chi connectivity index (χ4v) is 3.42. The number of aryl methyl sites for hydroxylation is 2. The molecule has 0 aliphatic carbocycles. The molecule has 1 atom stereocenters. The van der Waals surface area contributed by atoms with Crippen molar-refractivity contribution < 1.29 is 9.18 Å². The zero-order valence-electron chi connectivity index (χ0n) is 14.4. The average molecular weight is 342 g/mol. The molecular formula is C20H23FN2O2. The summed E-state index contributed by atoms with van der Waals surface area (Å²) < 4.78 is 13.0. The van der Waals surface area contributed by atoms with Gasteiger partial charge >= 0.3 is 0 Å². The minimum atomic E-state index is -0.321. The molecule has 1 aromatic heterocycles. The number of pyridine rings is 1. The Bertz CT molecular complexity index is 798. The van der Waals surface area contributed by atoms with E-state index in [1.54, 1.807) is 24.0 Å². The minimum absolute atomic E-state index is 0.187. The largest absolute Gasteiger partial charge is 0.338 e. The van der Waals surface area contributed by atoms with Crippen LogP contribution in [0.4, 0.5) is 4.39 Å². The van der Waals surface area contributed by atoms with Crippen LogP contribution in [0, 0.1) is 18.7 Å². The van der Waals surface area contributed by atoms with Gasteiger partial charge in [-0.1, -0.05) is 12.1 Å². The van der Waals surface area contributed by atoms with E-state index < -0.39 is 0 Å². The quantitative estimate of drug-likeness (QED) is 0.927. The van der Waals surface area contributed by atoms with Crippen LogP contribution in [-0.4, -0.2) is 28.9 Å². The molecule has 0 bridgehead atoms. The molecule has 25 heavy (non-hydrogen) atoms. The van der Waals surface area contributed by atoms with Crippen LogP contribution in [0.25, 0.3) is 0 Å². The van der Waals surface area contributed by atoms with Crippen LogP contribution in [0.2, 0.25) is 0 Å². The summed E-state index contributed by atoms with van der Waals surface area (Å²) >= 11 is 0. The normalized spacial score (nSPS) is 17.5. The number of H-pyrrole nitrogens is 1. The molecule has 1 aliphatic rings. The summed E-state index contributed by atoms with van der Waals surface area (Å²) in [6.07, 6.45) is 3.86.